The molecule has 0 radical (unpaired) electrons. The molecule has 1 aromatic carbocycles. The number of hydrogen-bond acceptors (Lipinski definition) is 3. The Morgan fingerprint density at radius 3 is 2.69 bits per heavy atom. The molecule has 0 saturated carbocycles. The minimum absolute atomic E-state index is 0.454. The molecule has 1 aromatic rings. The van der Waals surface area contributed by atoms with Crippen LogP contribution < -0.4 is 16.4 Å². The number of anilines is 1. The average molecular weight is 221 g/mol. The molecular weight excluding hydrogens is 202 g/mol. The van der Waals surface area contributed by atoms with Crippen molar-refractivity contribution in [2.45, 2.75) is 19.9 Å². The Bertz CT molecular complexity index is 365. The van der Waals surface area contributed by atoms with Crippen LogP contribution in [0, 0.1) is 6.92 Å². The zero-order valence-electron chi connectivity index (χ0n) is 9.81. The first-order chi connectivity index (χ1) is 7.54. The summed E-state index contributed by atoms with van der Waals surface area (Å²) < 4.78 is 0. The van der Waals surface area contributed by atoms with Gasteiger partial charge >= 0.3 is 0 Å². The highest BCUT2D eigenvalue weighted by atomic mass is 16.1. The zero-order chi connectivity index (χ0) is 12.1. The van der Waals surface area contributed by atoms with Crippen molar-refractivity contribution in [2.75, 3.05) is 18.0 Å². The molecule has 1 unspecified atom stereocenters. The average Bonchev–Trinajstić information content (AvgIpc) is 2.25. The topological polar surface area (TPSA) is 72.3 Å². The van der Waals surface area contributed by atoms with Crippen molar-refractivity contribution in [1.82, 2.24) is 0 Å². The van der Waals surface area contributed by atoms with Crippen LogP contribution in [0.15, 0.2) is 24.3 Å². The number of likely N-dealkylation sites (N-methyl/N-ethyl adjacent to an activating group) is 1. The lowest BCUT2D eigenvalue weighted by Crippen LogP contribution is -2.46. The van der Waals surface area contributed by atoms with E-state index in [1.165, 1.54) is 5.56 Å². The Morgan fingerprint density at radius 1 is 1.50 bits per heavy atom. The molecule has 0 bridgehead atoms. The molecule has 0 spiro atoms. The molecule has 0 fully saturated rings. The van der Waals surface area contributed by atoms with E-state index in [4.69, 9.17) is 11.5 Å². The lowest BCUT2D eigenvalue weighted by Gasteiger charge is -2.25. The van der Waals surface area contributed by atoms with Crippen LogP contribution in [0.2, 0.25) is 0 Å². The first-order valence-electron chi connectivity index (χ1n) is 5.41. The molecule has 4 heteroatoms. The van der Waals surface area contributed by atoms with Gasteiger partial charge in [0.2, 0.25) is 5.91 Å². The van der Waals surface area contributed by atoms with Crippen LogP contribution in [0.3, 0.4) is 0 Å². The summed E-state index contributed by atoms with van der Waals surface area (Å²) in [6.07, 6.45) is 0. The van der Waals surface area contributed by atoms with Gasteiger partial charge in [0.25, 0.3) is 0 Å². The van der Waals surface area contributed by atoms with Crippen LogP contribution in [-0.2, 0) is 4.79 Å². The van der Waals surface area contributed by atoms with Gasteiger partial charge in [-0.1, -0.05) is 12.1 Å². The van der Waals surface area contributed by atoms with Crippen molar-refractivity contribution >= 4 is 11.6 Å². The van der Waals surface area contributed by atoms with Gasteiger partial charge in [0.15, 0.2) is 0 Å². The second-order valence-corrected chi connectivity index (χ2v) is 3.89. The molecule has 0 heterocycles. The number of hydrogen-bond donors (Lipinski definition) is 2. The Kier molecular flexibility index (Phi) is 4.31. The van der Waals surface area contributed by atoms with Gasteiger partial charge in [-0.2, -0.15) is 0 Å². The first kappa shape index (κ1) is 12.5. The standard InChI is InChI=1S/C12H19N3O/c1-3-15(8-11(13)12(14)16)10-6-4-5-9(2)7-10/h4-7,11H,3,8,13H2,1-2H3,(H2,14,16). The molecule has 0 aliphatic carbocycles. The molecule has 4 N–H and O–H groups in total. The maximum atomic E-state index is 10.9. The molecule has 0 aliphatic rings. The van der Waals surface area contributed by atoms with Crippen molar-refractivity contribution in [3.05, 3.63) is 29.8 Å². The zero-order valence-corrected chi connectivity index (χ0v) is 9.81. The molecule has 1 rings (SSSR count). The minimum atomic E-state index is -0.625. The van der Waals surface area contributed by atoms with E-state index in [1.54, 1.807) is 0 Å². The third-order valence-corrected chi connectivity index (χ3v) is 2.53. The number of nitrogens with two attached hydrogens (primary N) is 2. The van der Waals surface area contributed by atoms with E-state index < -0.39 is 11.9 Å². The van der Waals surface area contributed by atoms with Crippen LogP contribution in [0.1, 0.15) is 12.5 Å². The molecule has 0 aliphatic heterocycles. The van der Waals surface area contributed by atoms with Crippen molar-refractivity contribution in [1.29, 1.82) is 0 Å². The normalized spacial score (nSPS) is 12.2. The Balaban J connectivity index is 2.78. The molecule has 16 heavy (non-hydrogen) atoms. The maximum Gasteiger partial charge on any atom is 0.236 e. The van der Waals surface area contributed by atoms with Crippen molar-refractivity contribution in [2.24, 2.45) is 11.5 Å². The fourth-order valence-corrected chi connectivity index (χ4v) is 1.57. The van der Waals surface area contributed by atoms with Crippen molar-refractivity contribution < 1.29 is 4.79 Å². The molecular formula is C12H19N3O. The third-order valence-electron chi connectivity index (χ3n) is 2.53. The van der Waals surface area contributed by atoms with E-state index in [0.29, 0.717) is 6.54 Å². The van der Waals surface area contributed by atoms with Crippen LogP contribution in [0.25, 0.3) is 0 Å². The maximum absolute atomic E-state index is 10.9. The van der Waals surface area contributed by atoms with Crippen molar-refractivity contribution in [3.8, 4) is 0 Å². The summed E-state index contributed by atoms with van der Waals surface area (Å²) >= 11 is 0. The SMILES string of the molecule is CCN(CC(N)C(N)=O)c1cccc(C)c1. The van der Waals surface area contributed by atoms with E-state index in [9.17, 15) is 4.79 Å². The van der Waals surface area contributed by atoms with Crippen LogP contribution >= 0.6 is 0 Å². The van der Waals surface area contributed by atoms with Gasteiger partial charge in [0.1, 0.15) is 6.04 Å². The van der Waals surface area contributed by atoms with Gasteiger partial charge in [-0.15, -0.1) is 0 Å². The van der Waals surface area contributed by atoms with Crippen LogP contribution in [0.4, 0.5) is 5.69 Å². The predicted octanol–water partition coefficient (Wildman–Crippen LogP) is 0.634. The summed E-state index contributed by atoms with van der Waals surface area (Å²) in [4.78, 5) is 13.0. The Hall–Kier alpha value is -1.55. The van der Waals surface area contributed by atoms with Crippen molar-refractivity contribution in [3.63, 3.8) is 0 Å². The number of amides is 1. The third kappa shape index (κ3) is 3.24. The monoisotopic (exact) mass is 221 g/mol. The van der Waals surface area contributed by atoms with Gasteiger partial charge in [-0.05, 0) is 31.5 Å². The van der Waals surface area contributed by atoms with Gasteiger partial charge in [0.05, 0.1) is 0 Å². The van der Waals surface area contributed by atoms with Crippen LogP contribution in [0.5, 0.6) is 0 Å². The molecule has 88 valence electrons. The number of carbonyl (C=O) groups is 1. The van der Waals surface area contributed by atoms with E-state index in [-0.39, 0.29) is 0 Å². The first-order valence-corrected chi connectivity index (χ1v) is 5.41. The number of primary amides is 1. The number of benzene rings is 1. The summed E-state index contributed by atoms with van der Waals surface area (Å²) in [5.74, 6) is -0.467. The summed E-state index contributed by atoms with van der Waals surface area (Å²) in [6.45, 7) is 5.31. The van der Waals surface area contributed by atoms with Gasteiger partial charge in [0, 0.05) is 18.8 Å². The van der Waals surface area contributed by atoms with E-state index >= 15 is 0 Å². The lowest BCUT2D eigenvalue weighted by atomic mass is 10.2. The number of carbonyl (C=O) groups excluding carboxylic acids is 1. The number of aryl methyl sites for hydroxylation is 1. The highest BCUT2D eigenvalue weighted by Crippen LogP contribution is 2.15. The smallest absolute Gasteiger partial charge is 0.236 e. The molecule has 0 aromatic heterocycles. The van der Waals surface area contributed by atoms with E-state index in [2.05, 4.69) is 6.07 Å². The molecule has 0 saturated heterocycles. The largest absolute Gasteiger partial charge is 0.370 e. The number of rotatable bonds is 5. The Morgan fingerprint density at radius 2 is 2.19 bits per heavy atom. The molecule has 1 amide bonds. The summed E-state index contributed by atoms with van der Waals surface area (Å²) in [7, 11) is 0. The van der Waals surface area contributed by atoms with E-state index in [1.807, 2.05) is 36.9 Å². The Labute approximate surface area is 96.2 Å². The summed E-state index contributed by atoms with van der Waals surface area (Å²) in [6, 6.07) is 7.47. The highest BCUT2D eigenvalue weighted by Gasteiger charge is 2.14. The number of nitrogens with zero attached hydrogens (tertiary/aromatic N) is 1. The molecule has 4 nitrogen and oxygen atoms in total. The van der Waals surface area contributed by atoms with Gasteiger partial charge in [-0.25, -0.2) is 0 Å². The minimum Gasteiger partial charge on any atom is -0.370 e. The second-order valence-electron chi connectivity index (χ2n) is 3.89. The quantitative estimate of drug-likeness (QED) is 0.766. The fraction of sp³-hybridized carbons (Fsp3) is 0.417. The van der Waals surface area contributed by atoms with Crippen LogP contribution in [-0.4, -0.2) is 25.0 Å². The second kappa shape index (κ2) is 5.51. The summed E-state index contributed by atoms with van der Waals surface area (Å²) in [5.41, 5.74) is 13.1. The van der Waals surface area contributed by atoms with Gasteiger partial charge in [-0.3, -0.25) is 4.79 Å². The molecule has 1 atom stereocenters. The summed E-state index contributed by atoms with van der Waals surface area (Å²) in [5, 5.41) is 0. The van der Waals surface area contributed by atoms with E-state index in [0.717, 1.165) is 12.2 Å². The fourth-order valence-electron chi connectivity index (χ4n) is 1.57. The highest BCUT2D eigenvalue weighted by molar-refractivity contribution is 5.80. The predicted molar refractivity (Wildman–Crippen MR) is 66.2 cm³/mol. The lowest BCUT2D eigenvalue weighted by molar-refractivity contribution is -0.119. The van der Waals surface area contributed by atoms with Gasteiger partial charge < -0.3 is 16.4 Å².